The number of methoxy groups -OCH3 is 1. The average Bonchev–Trinajstić information content (AvgIpc) is 2.06. The van der Waals surface area contributed by atoms with Crippen molar-refractivity contribution in [2.24, 2.45) is 0 Å². The second-order valence-electron chi connectivity index (χ2n) is 2.52. The lowest BCUT2D eigenvalue weighted by molar-refractivity contribution is 0.200. The van der Waals surface area contributed by atoms with Crippen LogP contribution < -0.4 is 0 Å². The maximum Gasteiger partial charge on any atom is 0.123 e. The SMILES string of the molecule is COCC(S)c1ccc(F)cc1. The fourth-order valence-electron chi connectivity index (χ4n) is 0.939. The predicted molar refractivity (Wildman–Crippen MR) is 50.0 cm³/mol. The third-order valence-corrected chi connectivity index (χ3v) is 2.03. The first kappa shape index (κ1) is 9.55. The fourth-order valence-corrected chi connectivity index (χ4v) is 1.26. The van der Waals surface area contributed by atoms with Gasteiger partial charge in [0.05, 0.1) is 11.9 Å². The molecule has 0 radical (unpaired) electrons. The molecule has 1 aromatic rings. The van der Waals surface area contributed by atoms with Crippen molar-refractivity contribution in [3.05, 3.63) is 35.6 Å². The summed E-state index contributed by atoms with van der Waals surface area (Å²) < 4.78 is 17.4. The first-order valence-corrected chi connectivity index (χ1v) is 4.18. The van der Waals surface area contributed by atoms with E-state index in [1.165, 1.54) is 12.1 Å². The summed E-state index contributed by atoms with van der Waals surface area (Å²) in [5, 5.41) is 0.0237. The molecule has 0 aliphatic carbocycles. The molecule has 0 saturated heterocycles. The smallest absolute Gasteiger partial charge is 0.123 e. The summed E-state index contributed by atoms with van der Waals surface area (Å²) in [6.07, 6.45) is 0. The summed E-state index contributed by atoms with van der Waals surface area (Å²) in [6, 6.07) is 6.28. The minimum atomic E-state index is -0.225. The molecule has 1 rings (SSSR count). The summed E-state index contributed by atoms with van der Waals surface area (Å²) in [6.45, 7) is 0.536. The molecule has 3 heteroatoms. The number of halogens is 1. The molecule has 12 heavy (non-hydrogen) atoms. The summed E-state index contributed by atoms with van der Waals surface area (Å²) in [5.41, 5.74) is 0.974. The summed E-state index contributed by atoms with van der Waals surface area (Å²) in [5.74, 6) is -0.225. The maximum atomic E-state index is 12.5. The van der Waals surface area contributed by atoms with Crippen molar-refractivity contribution in [2.75, 3.05) is 13.7 Å². The zero-order valence-electron chi connectivity index (χ0n) is 6.83. The Morgan fingerprint density at radius 2 is 2.00 bits per heavy atom. The van der Waals surface area contributed by atoms with E-state index in [0.29, 0.717) is 6.61 Å². The Kier molecular flexibility index (Phi) is 3.56. The Morgan fingerprint density at radius 3 is 2.50 bits per heavy atom. The molecule has 0 aliphatic heterocycles. The highest BCUT2D eigenvalue weighted by Gasteiger charge is 2.04. The third-order valence-electron chi connectivity index (χ3n) is 1.58. The molecule has 0 heterocycles. The van der Waals surface area contributed by atoms with Gasteiger partial charge in [0.15, 0.2) is 0 Å². The molecule has 0 bridgehead atoms. The van der Waals surface area contributed by atoms with Gasteiger partial charge in [-0.1, -0.05) is 12.1 Å². The van der Waals surface area contributed by atoms with E-state index in [2.05, 4.69) is 12.6 Å². The Hall–Kier alpha value is -0.540. The van der Waals surface area contributed by atoms with Gasteiger partial charge in [0.25, 0.3) is 0 Å². The number of thiol groups is 1. The molecule has 1 unspecified atom stereocenters. The van der Waals surface area contributed by atoms with Crippen LogP contribution in [0.2, 0.25) is 0 Å². The highest BCUT2D eigenvalue weighted by atomic mass is 32.1. The van der Waals surface area contributed by atoms with Crippen LogP contribution in [-0.4, -0.2) is 13.7 Å². The monoisotopic (exact) mass is 186 g/mol. The first-order chi connectivity index (χ1) is 5.74. The van der Waals surface area contributed by atoms with Gasteiger partial charge in [0.2, 0.25) is 0 Å². The van der Waals surface area contributed by atoms with E-state index in [1.807, 2.05) is 0 Å². The molecule has 0 amide bonds. The van der Waals surface area contributed by atoms with E-state index in [9.17, 15) is 4.39 Å². The van der Waals surface area contributed by atoms with Crippen LogP contribution in [0.4, 0.5) is 4.39 Å². The van der Waals surface area contributed by atoms with Gasteiger partial charge in [-0.15, -0.1) is 0 Å². The van der Waals surface area contributed by atoms with Crippen LogP contribution >= 0.6 is 12.6 Å². The molecule has 0 saturated carbocycles. The Balaban J connectivity index is 2.68. The lowest BCUT2D eigenvalue weighted by Crippen LogP contribution is -1.98. The van der Waals surface area contributed by atoms with Gasteiger partial charge in [0.1, 0.15) is 5.82 Å². The minimum absolute atomic E-state index is 0.0237. The van der Waals surface area contributed by atoms with E-state index in [1.54, 1.807) is 19.2 Å². The summed E-state index contributed by atoms with van der Waals surface area (Å²) in [7, 11) is 1.62. The average molecular weight is 186 g/mol. The van der Waals surface area contributed by atoms with Crippen LogP contribution in [0, 0.1) is 5.82 Å². The Labute approximate surface area is 77.0 Å². The zero-order valence-corrected chi connectivity index (χ0v) is 7.72. The second kappa shape index (κ2) is 4.48. The quantitative estimate of drug-likeness (QED) is 0.713. The Morgan fingerprint density at radius 1 is 1.42 bits per heavy atom. The van der Waals surface area contributed by atoms with Crippen LogP contribution in [0.25, 0.3) is 0 Å². The molecule has 0 aromatic heterocycles. The highest BCUT2D eigenvalue weighted by Crippen LogP contribution is 2.19. The molecule has 1 aromatic carbocycles. The number of benzene rings is 1. The molecule has 0 N–H and O–H groups in total. The van der Waals surface area contributed by atoms with E-state index in [0.717, 1.165) is 5.56 Å². The van der Waals surface area contributed by atoms with E-state index in [-0.39, 0.29) is 11.1 Å². The van der Waals surface area contributed by atoms with Crippen molar-refractivity contribution in [3.8, 4) is 0 Å². The molecular formula is C9H11FOS. The molecule has 1 nitrogen and oxygen atoms in total. The number of hydrogen-bond acceptors (Lipinski definition) is 2. The van der Waals surface area contributed by atoms with Gasteiger partial charge in [-0.05, 0) is 17.7 Å². The van der Waals surface area contributed by atoms with Crippen molar-refractivity contribution in [1.82, 2.24) is 0 Å². The van der Waals surface area contributed by atoms with Gasteiger partial charge >= 0.3 is 0 Å². The van der Waals surface area contributed by atoms with Gasteiger partial charge in [-0.25, -0.2) is 4.39 Å². The van der Waals surface area contributed by atoms with E-state index < -0.39 is 0 Å². The van der Waals surface area contributed by atoms with Gasteiger partial charge in [0, 0.05) is 7.11 Å². The lowest BCUT2D eigenvalue weighted by Gasteiger charge is -2.08. The van der Waals surface area contributed by atoms with Crippen molar-refractivity contribution >= 4 is 12.6 Å². The highest BCUT2D eigenvalue weighted by molar-refractivity contribution is 7.80. The molecular weight excluding hydrogens is 175 g/mol. The first-order valence-electron chi connectivity index (χ1n) is 3.66. The fraction of sp³-hybridized carbons (Fsp3) is 0.333. The van der Waals surface area contributed by atoms with Gasteiger partial charge < -0.3 is 4.74 Å². The van der Waals surface area contributed by atoms with Crippen LogP contribution in [0.15, 0.2) is 24.3 Å². The van der Waals surface area contributed by atoms with Crippen LogP contribution in [0.3, 0.4) is 0 Å². The normalized spacial score (nSPS) is 12.9. The number of rotatable bonds is 3. The molecule has 1 atom stereocenters. The molecule has 0 spiro atoms. The largest absolute Gasteiger partial charge is 0.383 e. The topological polar surface area (TPSA) is 9.23 Å². The van der Waals surface area contributed by atoms with Gasteiger partial charge in [-0.2, -0.15) is 12.6 Å². The van der Waals surface area contributed by atoms with Crippen LogP contribution in [-0.2, 0) is 4.74 Å². The maximum absolute atomic E-state index is 12.5. The standard InChI is InChI=1S/C9H11FOS/c1-11-6-9(12)7-2-4-8(10)5-3-7/h2-5,9,12H,6H2,1H3. The summed E-state index contributed by atoms with van der Waals surface area (Å²) >= 11 is 4.29. The van der Waals surface area contributed by atoms with Crippen molar-refractivity contribution in [3.63, 3.8) is 0 Å². The number of ether oxygens (including phenoxy) is 1. The van der Waals surface area contributed by atoms with E-state index >= 15 is 0 Å². The van der Waals surface area contributed by atoms with Gasteiger partial charge in [-0.3, -0.25) is 0 Å². The molecule has 66 valence electrons. The van der Waals surface area contributed by atoms with Crippen molar-refractivity contribution in [2.45, 2.75) is 5.25 Å². The second-order valence-corrected chi connectivity index (χ2v) is 3.15. The molecule has 0 aliphatic rings. The van der Waals surface area contributed by atoms with Crippen molar-refractivity contribution < 1.29 is 9.13 Å². The minimum Gasteiger partial charge on any atom is -0.383 e. The summed E-state index contributed by atoms with van der Waals surface area (Å²) in [4.78, 5) is 0. The van der Waals surface area contributed by atoms with Crippen LogP contribution in [0.5, 0.6) is 0 Å². The number of hydrogen-bond donors (Lipinski definition) is 1. The predicted octanol–water partition coefficient (Wildman–Crippen LogP) is 2.44. The lowest BCUT2D eigenvalue weighted by atomic mass is 10.1. The van der Waals surface area contributed by atoms with E-state index in [4.69, 9.17) is 4.74 Å². The molecule has 0 fully saturated rings. The van der Waals surface area contributed by atoms with Crippen molar-refractivity contribution in [1.29, 1.82) is 0 Å². The zero-order chi connectivity index (χ0) is 8.97. The third kappa shape index (κ3) is 2.50. The Bertz CT molecular complexity index is 235. The van der Waals surface area contributed by atoms with Crippen LogP contribution in [0.1, 0.15) is 10.8 Å².